The van der Waals surface area contributed by atoms with Gasteiger partial charge in [0, 0.05) is 17.4 Å². The highest BCUT2D eigenvalue weighted by Gasteiger charge is 2.16. The molecule has 1 N–H and O–H groups in total. The number of hydrogen-bond acceptors (Lipinski definition) is 4. The number of benzene rings is 2. The summed E-state index contributed by atoms with van der Waals surface area (Å²) in [7, 11) is 0. The Bertz CT molecular complexity index is 1060. The lowest BCUT2D eigenvalue weighted by Gasteiger charge is -2.08. The lowest BCUT2D eigenvalue weighted by atomic mass is 10.1. The van der Waals surface area contributed by atoms with Crippen molar-refractivity contribution in [1.29, 1.82) is 0 Å². The van der Waals surface area contributed by atoms with Gasteiger partial charge in [0.1, 0.15) is 0 Å². The zero-order valence-electron chi connectivity index (χ0n) is 12.9. The second kappa shape index (κ2) is 5.85. The summed E-state index contributed by atoms with van der Waals surface area (Å²) in [6, 6.07) is 15.8. The molecule has 0 saturated heterocycles. The topological polar surface area (TPSA) is 37.5 Å². The number of aliphatic imine (C=N–C) groups is 1. The van der Waals surface area contributed by atoms with Crippen molar-refractivity contribution in [2.24, 2.45) is 4.99 Å². The number of fused-ring (bicyclic) bond motifs is 1. The number of nitrogens with zero attached hydrogens (tertiary/aromatic N) is 2. The summed E-state index contributed by atoms with van der Waals surface area (Å²) < 4.78 is 2.34. The van der Waals surface area contributed by atoms with Gasteiger partial charge in [-0.15, -0.1) is 11.3 Å². The van der Waals surface area contributed by atoms with Crippen molar-refractivity contribution >= 4 is 47.1 Å². The van der Waals surface area contributed by atoms with Crippen molar-refractivity contribution < 1.29 is 5.11 Å². The number of thiazole rings is 1. The molecule has 1 aliphatic rings. The number of rotatable bonds is 2. The van der Waals surface area contributed by atoms with Gasteiger partial charge in [0.15, 0.2) is 3.95 Å². The molecule has 0 spiro atoms. The fourth-order valence-electron chi connectivity index (χ4n) is 2.80. The van der Waals surface area contributed by atoms with Gasteiger partial charge in [-0.05, 0) is 42.9 Å². The Labute approximate surface area is 148 Å². The zero-order valence-corrected chi connectivity index (χ0v) is 14.6. The molecule has 24 heavy (non-hydrogen) atoms. The quantitative estimate of drug-likeness (QED) is 0.616. The van der Waals surface area contributed by atoms with Crippen LogP contribution in [0.4, 0.5) is 5.69 Å². The van der Waals surface area contributed by atoms with Gasteiger partial charge < -0.3 is 5.11 Å². The number of aromatic hydroxyl groups is 1. The van der Waals surface area contributed by atoms with E-state index in [1.165, 1.54) is 11.3 Å². The minimum absolute atomic E-state index is 0.171. The van der Waals surface area contributed by atoms with E-state index < -0.39 is 0 Å². The average Bonchev–Trinajstić information content (AvgIpc) is 3.11. The lowest BCUT2D eigenvalue weighted by molar-refractivity contribution is 0.441. The summed E-state index contributed by atoms with van der Waals surface area (Å²) in [5, 5.41) is 10.7. The molecule has 0 aliphatic carbocycles. The second-order valence-electron chi connectivity index (χ2n) is 5.55. The molecular formula is C19H14N2OS2. The van der Waals surface area contributed by atoms with Gasteiger partial charge in [0.25, 0.3) is 0 Å². The van der Waals surface area contributed by atoms with Crippen LogP contribution in [0.25, 0.3) is 17.3 Å². The Balaban J connectivity index is 1.84. The van der Waals surface area contributed by atoms with Gasteiger partial charge in [0.05, 0.1) is 16.3 Å². The van der Waals surface area contributed by atoms with Gasteiger partial charge in [-0.1, -0.05) is 36.4 Å². The highest BCUT2D eigenvalue weighted by Crippen LogP contribution is 2.37. The van der Waals surface area contributed by atoms with E-state index in [9.17, 15) is 5.11 Å². The van der Waals surface area contributed by atoms with Crippen molar-refractivity contribution in [3.05, 3.63) is 68.5 Å². The molecular weight excluding hydrogens is 336 g/mol. The van der Waals surface area contributed by atoms with Crippen molar-refractivity contribution in [2.75, 3.05) is 0 Å². The Hall–Kier alpha value is -2.50. The van der Waals surface area contributed by atoms with E-state index in [-0.39, 0.29) is 5.88 Å². The van der Waals surface area contributed by atoms with E-state index in [1.807, 2.05) is 67.7 Å². The van der Waals surface area contributed by atoms with E-state index in [0.717, 1.165) is 33.0 Å². The molecule has 0 unspecified atom stereocenters. The van der Waals surface area contributed by atoms with Crippen molar-refractivity contribution in [3.8, 4) is 11.6 Å². The van der Waals surface area contributed by atoms with Gasteiger partial charge in [-0.2, -0.15) is 0 Å². The molecule has 1 aliphatic heterocycles. The van der Waals surface area contributed by atoms with Gasteiger partial charge >= 0.3 is 0 Å². The van der Waals surface area contributed by atoms with Crippen LogP contribution >= 0.6 is 23.6 Å². The molecule has 0 fully saturated rings. The first-order chi connectivity index (χ1) is 11.6. The summed E-state index contributed by atoms with van der Waals surface area (Å²) in [6.07, 6.45) is 3.77. The maximum Gasteiger partial charge on any atom is 0.215 e. The van der Waals surface area contributed by atoms with Crippen LogP contribution in [-0.2, 0) is 0 Å². The Morgan fingerprint density at radius 1 is 1.12 bits per heavy atom. The van der Waals surface area contributed by atoms with Gasteiger partial charge in [-0.3, -0.25) is 9.56 Å². The van der Waals surface area contributed by atoms with E-state index in [0.29, 0.717) is 3.95 Å². The number of allylic oxidation sites excluding steroid dienone is 1. The molecule has 0 atom stereocenters. The first-order valence-corrected chi connectivity index (χ1v) is 8.73. The predicted molar refractivity (Wildman–Crippen MR) is 103 cm³/mol. The van der Waals surface area contributed by atoms with E-state index in [1.54, 1.807) is 4.57 Å². The minimum Gasteiger partial charge on any atom is -0.493 e. The van der Waals surface area contributed by atoms with Crippen LogP contribution < -0.4 is 0 Å². The summed E-state index contributed by atoms with van der Waals surface area (Å²) in [5.74, 6) is 0.171. The molecule has 2 aromatic carbocycles. The highest BCUT2D eigenvalue weighted by atomic mass is 32.1. The van der Waals surface area contributed by atoms with E-state index in [4.69, 9.17) is 12.2 Å². The number of hydrogen-bond donors (Lipinski definition) is 1. The van der Waals surface area contributed by atoms with E-state index >= 15 is 0 Å². The Kier molecular flexibility index (Phi) is 3.67. The van der Waals surface area contributed by atoms with Crippen molar-refractivity contribution in [3.63, 3.8) is 0 Å². The number of aromatic nitrogens is 1. The van der Waals surface area contributed by atoms with Crippen LogP contribution in [0, 0.1) is 10.9 Å². The normalized spacial score (nSPS) is 14.3. The zero-order chi connectivity index (χ0) is 16.7. The SMILES string of the molecule is Cc1ccccc1-n1c(O)c(C=C2C=Nc3ccccc32)sc1=S. The third-order valence-electron chi connectivity index (χ3n) is 4.01. The molecule has 3 aromatic rings. The van der Waals surface area contributed by atoms with Crippen LogP contribution in [-0.4, -0.2) is 15.9 Å². The standard InChI is InChI=1S/C19H14N2OS2/c1-12-6-2-5-9-16(12)21-18(22)17(24-19(21)23)10-13-11-20-15-8-4-3-7-14(13)15/h2-11,22H,1H3. The first-order valence-electron chi connectivity index (χ1n) is 7.51. The molecule has 1 aromatic heterocycles. The molecule has 118 valence electrons. The third-order valence-corrected chi connectivity index (χ3v) is 5.32. The maximum absolute atomic E-state index is 10.7. The fraction of sp³-hybridized carbons (Fsp3) is 0.0526. The predicted octanol–water partition coefficient (Wildman–Crippen LogP) is 5.54. The molecule has 2 heterocycles. The van der Waals surface area contributed by atoms with E-state index in [2.05, 4.69) is 4.99 Å². The summed E-state index contributed by atoms with van der Waals surface area (Å²) in [5.41, 5.74) is 4.97. The Morgan fingerprint density at radius 2 is 1.88 bits per heavy atom. The maximum atomic E-state index is 10.7. The molecule has 0 saturated carbocycles. The third kappa shape index (κ3) is 2.42. The van der Waals surface area contributed by atoms with Crippen LogP contribution in [0.5, 0.6) is 5.88 Å². The second-order valence-corrected chi connectivity index (χ2v) is 7.23. The van der Waals surface area contributed by atoms with Gasteiger partial charge in [0.2, 0.25) is 5.88 Å². The molecule has 5 heteroatoms. The molecule has 0 bridgehead atoms. The van der Waals surface area contributed by atoms with Crippen molar-refractivity contribution in [2.45, 2.75) is 6.92 Å². The highest BCUT2D eigenvalue weighted by molar-refractivity contribution is 7.73. The summed E-state index contributed by atoms with van der Waals surface area (Å²) in [6.45, 7) is 2.01. The van der Waals surface area contributed by atoms with Crippen LogP contribution in [0.1, 0.15) is 16.0 Å². The monoisotopic (exact) mass is 350 g/mol. The van der Waals surface area contributed by atoms with Crippen LogP contribution in [0.2, 0.25) is 0 Å². The summed E-state index contributed by atoms with van der Waals surface area (Å²) in [4.78, 5) is 5.14. The number of para-hydroxylation sites is 2. The molecule has 3 nitrogen and oxygen atoms in total. The average molecular weight is 350 g/mol. The van der Waals surface area contributed by atoms with Crippen LogP contribution in [0.15, 0.2) is 53.5 Å². The smallest absolute Gasteiger partial charge is 0.215 e. The molecule has 0 amide bonds. The Morgan fingerprint density at radius 3 is 2.71 bits per heavy atom. The van der Waals surface area contributed by atoms with Crippen molar-refractivity contribution in [1.82, 2.24) is 4.57 Å². The largest absolute Gasteiger partial charge is 0.493 e. The summed E-state index contributed by atoms with van der Waals surface area (Å²) >= 11 is 6.88. The molecule has 0 radical (unpaired) electrons. The van der Waals surface area contributed by atoms with Gasteiger partial charge in [-0.25, -0.2) is 0 Å². The number of aryl methyl sites for hydroxylation is 1. The first kappa shape index (κ1) is 15.1. The fourth-order valence-corrected chi connectivity index (χ4v) is 4.08. The van der Waals surface area contributed by atoms with Crippen LogP contribution in [0.3, 0.4) is 0 Å². The molecule has 4 rings (SSSR count). The lowest BCUT2D eigenvalue weighted by Crippen LogP contribution is -1.95. The minimum atomic E-state index is 0.171.